The van der Waals surface area contributed by atoms with Gasteiger partial charge in [0.2, 0.25) is 11.8 Å². The summed E-state index contributed by atoms with van der Waals surface area (Å²) in [6, 6.07) is 9.27. The Morgan fingerprint density at radius 2 is 2.10 bits per heavy atom. The number of hydrogen-bond acceptors (Lipinski definition) is 5. The summed E-state index contributed by atoms with van der Waals surface area (Å²) in [5.74, 6) is 1.09. The van der Waals surface area contributed by atoms with E-state index in [2.05, 4.69) is 42.4 Å². The van der Waals surface area contributed by atoms with Gasteiger partial charge in [0.25, 0.3) is 0 Å². The van der Waals surface area contributed by atoms with Gasteiger partial charge >= 0.3 is 0 Å². The second-order valence-corrected chi connectivity index (χ2v) is 5.97. The zero-order valence-electron chi connectivity index (χ0n) is 12.7. The Morgan fingerprint density at radius 3 is 2.81 bits per heavy atom. The summed E-state index contributed by atoms with van der Waals surface area (Å²) in [4.78, 5) is 0. The molecule has 2 rings (SSSR count). The second-order valence-electron chi connectivity index (χ2n) is 5.97. The van der Waals surface area contributed by atoms with Gasteiger partial charge < -0.3 is 9.73 Å². The summed E-state index contributed by atoms with van der Waals surface area (Å²) in [5.41, 5.74) is 1.49. The molecule has 0 saturated carbocycles. The Balaban J connectivity index is 1.94. The van der Waals surface area contributed by atoms with Crippen LogP contribution in [0.5, 0.6) is 0 Å². The van der Waals surface area contributed by atoms with Gasteiger partial charge in [-0.2, -0.15) is 5.26 Å². The number of rotatable bonds is 5. The quantitative estimate of drug-likeness (QED) is 0.854. The molecule has 1 aromatic carbocycles. The third-order valence-corrected chi connectivity index (χ3v) is 2.93. The van der Waals surface area contributed by atoms with Crippen molar-refractivity contribution in [1.29, 1.82) is 5.26 Å². The fourth-order valence-electron chi connectivity index (χ4n) is 1.90. The highest BCUT2D eigenvalue weighted by molar-refractivity contribution is 5.55. The molecule has 0 aliphatic heterocycles. The van der Waals surface area contributed by atoms with Crippen LogP contribution in [-0.4, -0.2) is 22.3 Å². The van der Waals surface area contributed by atoms with Gasteiger partial charge in [-0.25, -0.2) is 0 Å². The standard InChI is InChI=1S/C16H20N4O/c1-16(2,3)18-9-5-8-14-19-20-15(21-14)13-7-4-6-12(10-13)11-17/h4,6-7,10,18H,5,8-9H2,1-3H3. The molecule has 5 nitrogen and oxygen atoms in total. The fourth-order valence-corrected chi connectivity index (χ4v) is 1.90. The molecule has 1 heterocycles. The summed E-state index contributed by atoms with van der Waals surface area (Å²) < 4.78 is 5.64. The lowest BCUT2D eigenvalue weighted by molar-refractivity contribution is 0.412. The molecule has 1 N–H and O–H groups in total. The van der Waals surface area contributed by atoms with Crippen molar-refractivity contribution in [2.45, 2.75) is 39.2 Å². The highest BCUT2D eigenvalue weighted by Gasteiger charge is 2.10. The molecule has 5 heteroatoms. The predicted octanol–water partition coefficient (Wildman–Crippen LogP) is 2.93. The number of benzene rings is 1. The Morgan fingerprint density at radius 1 is 1.29 bits per heavy atom. The minimum absolute atomic E-state index is 0.123. The predicted molar refractivity (Wildman–Crippen MR) is 80.5 cm³/mol. The van der Waals surface area contributed by atoms with E-state index in [1.165, 1.54) is 0 Å². The second kappa shape index (κ2) is 6.51. The third kappa shape index (κ3) is 4.69. The Labute approximate surface area is 125 Å². The molecule has 110 valence electrons. The number of hydrogen-bond donors (Lipinski definition) is 1. The van der Waals surface area contributed by atoms with Crippen molar-refractivity contribution in [2.24, 2.45) is 0 Å². The SMILES string of the molecule is CC(C)(C)NCCCc1nnc(-c2cccc(C#N)c2)o1. The molecule has 2 aromatic rings. The molecule has 0 radical (unpaired) electrons. The molecular formula is C16H20N4O. The summed E-state index contributed by atoms with van der Waals surface area (Å²) >= 11 is 0. The topological polar surface area (TPSA) is 74.7 Å². The van der Waals surface area contributed by atoms with Crippen LogP contribution in [0, 0.1) is 11.3 Å². The molecule has 0 bridgehead atoms. The van der Waals surface area contributed by atoms with Crippen molar-refractivity contribution in [3.8, 4) is 17.5 Å². The monoisotopic (exact) mass is 284 g/mol. The van der Waals surface area contributed by atoms with Crippen LogP contribution in [-0.2, 0) is 6.42 Å². The first kappa shape index (κ1) is 15.2. The molecule has 0 saturated heterocycles. The van der Waals surface area contributed by atoms with Crippen molar-refractivity contribution < 1.29 is 4.42 Å². The lowest BCUT2D eigenvalue weighted by Crippen LogP contribution is -2.36. The van der Waals surface area contributed by atoms with Gasteiger partial charge in [-0.3, -0.25) is 0 Å². The first-order valence-corrected chi connectivity index (χ1v) is 7.06. The van der Waals surface area contributed by atoms with Crippen LogP contribution in [0.25, 0.3) is 11.5 Å². The smallest absolute Gasteiger partial charge is 0.247 e. The van der Waals surface area contributed by atoms with E-state index in [-0.39, 0.29) is 5.54 Å². The zero-order chi connectivity index (χ0) is 15.3. The summed E-state index contributed by atoms with van der Waals surface area (Å²) in [7, 11) is 0. The maximum Gasteiger partial charge on any atom is 0.247 e. The van der Waals surface area contributed by atoms with Crippen molar-refractivity contribution in [3.63, 3.8) is 0 Å². The van der Waals surface area contributed by atoms with Crippen LogP contribution < -0.4 is 5.32 Å². The lowest BCUT2D eigenvalue weighted by atomic mass is 10.1. The van der Waals surface area contributed by atoms with E-state index in [4.69, 9.17) is 9.68 Å². The first-order chi connectivity index (χ1) is 9.98. The van der Waals surface area contributed by atoms with Gasteiger partial charge in [-0.05, 0) is 51.9 Å². The van der Waals surface area contributed by atoms with Crippen LogP contribution in [0.4, 0.5) is 0 Å². The molecule has 0 amide bonds. The van der Waals surface area contributed by atoms with E-state index in [1.807, 2.05) is 12.1 Å². The number of aromatic nitrogens is 2. The molecule has 0 aliphatic carbocycles. The molecule has 1 aromatic heterocycles. The maximum absolute atomic E-state index is 8.90. The minimum Gasteiger partial charge on any atom is -0.421 e. The van der Waals surface area contributed by atoms with Gasteiger partial charge in [-0.1, -0.05) is 6.07 Å². The van der Waals surface area contributed by atoms with Crippen LogP contribution in [0.2, 0.25) is 0 Å². The Kier molecular flexibility index (Phi) is 4.71. The van der Waals surface area contributed by atoms with E-state index in [1.54, 1.807) is 12.1 Å². The van der Waals surface area contributed by atoms with Gasteiger partial charge in [0.05, 0.1) is 11.6 Å². The Hall–Kier alpha value is -2.19. The molecular weight excluding hydrogens is 264 g/mol. The van der Waals surface area contributed by atoms with E-state index in [9.17, 15) is 0 Å². The van der Waals surface area contributed by atoms with Gasteiger partial charge in [0, 0.05) is 17.5 Å². The average molecular weight is 284 g/mol. The van der Waals surface area contributed by atoms with Crippen molar-refractivity contribution in [2.75, 3.05) is 6.54 Å². The number of aryl methyl sites for hydroxylation is 1. The van der Waals surface area contributed by atoms with Crippen molar-refractivity contribution >= 4 is 0 Å². The van der Waals surface area contributed by atoms with Crippen LogP contribution >= 0.6 is 0 Å². The van der Waals surface area contributed by atoms with E-state index in [0.29, 0.717) is 17.3 Å². The van der Waals surface area contributed by atoms with Crippen molar-refractivity contribution in [1.82, 2.24) is 15.5 Å². The molecule has 0 fully saturated rings. The fraction of sp³-hybridized carbons (Fsp3) is 0.438. The molecule has 0 atom stereocenters. The summed E-state index contributed by atoms with van der Waals surface area (Å²) in [6.07, 6.45) is 1.69. The minimum atomic E-state index is 0.123. The van der Waals surface area contributed by atoms with Crippen LogP contribution in [0.1, 0.15) is 38.6 Å². The average Bonchev–Trinajstić information content (AvgIpc) is 2.91. The number of nitrogens with zero attached hydrogens (tertiary/aromatic N) is 3. The van der Waals surface area contributed by atoms with Gasteiger partial charge in [0.15, 0.2) is 0 Å². The van der Waals surface area contributed by atoms with Crippen molar-refractivity contribution in [3.05, 3.63) is 35.7 Å². The van der Waals surface area contributed by atoms with Gasteiger partial charge in [0.1, 0.15) is 0 Å². The highest BCUT2D eigenvalue weighted by Crippen LogP contribution is 2.19. The molecule has 21 heavy (non-hydrogen) atoms. The highest BCUT2D eigenvalue weighted by atomic mass is 16.4. The maximum atomic E-state index is 8.90. The van der Waals surface area contributed by atoms with E-state index >= 15 is 0 Å². The lowest BCUT2D eigenvalue weighted by Gasteiger charge is -2.19. The van der Waals surface area contributed by atoms with E-state index < -0.39 is 0 Å². The molecule has 0 aliphatic rings. The normalized spacial score (nSPS) is 11.3. The van der Waals surface area contributed by atoms with E-state index in [0.717, 1.165) is 24.9 Å². The first-order valence-electron chi connectivity index (χ1n) is 7.06. The third-order valence-electron chi connectivity index (χ3n) is 2.93. The number of nitrogens with one attached hydrogen (secondary N) is 1. The largest absolute Gasteiger partial charge is 0.421 e. The van der Waals surface area contributed by atoms with Crippen LogP contribution in [0.15, 0.2) is 28.7 Å². The number of nitriles is 1. The molecule has 0 unspecified atom stereocenters. The summed E-state index contributed by atoms with van der Waals surface area (Å²) in [6.45, 7) is 7.32. The molecule has 0 spiro atoms. The summed E-state index contributed by atoms with van der Waals surface area (Å²) in [5, 5.41) is 20.4. The Bertz CT molecular complexity index is 634. The van der Waals surface area contributed by atoms with Gasteiger partial charge in [-0.15, -0.1) is 10.2 Å². The van der Waals surface area contributed by atoms with Crippen LogP contribution in [0.3, 0.4) is 0 Å². The zero-order valence-corrected chi connectivity index (χ0v) is 12.7.